The maximum atomic E-state index is 9.86. The fourth-order valence-electron chi connectivity index (χ4n) is 3.54. The summed E-state index contributed by atoms with van der Waals surface area (Å²) in [7, 11) is 0. The molecule has 1 fully saturated rings. The van der Waals surface area contributed by atoms with E-state index in [9.17, 15) is 5.11 Å². The lowest BCUT2D eigenvalue weighted by Gasteiger charge is -2.17. The minimum atomic E-state index is 0.162. The van der Waals surface area contributed by atoms with Crippen molar-refractivity contribution in [2.24, 2.45) is 5.92 Å². The lowest BCUT2D eigenvalue weighted by Crippen LogP contribution is -2.21. The zero-order valence-corrected chi connectivity index (χ0v) is 13.9. The molecule has 24 heavy (non-hydrogen) atoms. The standard InChI is InChI=1S/C17H22N6O/c1-11(2)23-7-12(5-21-23)15-8-22(6-13(15)9-24)17-14-3-4-18-16(14)19-10-20-17/h3-5,7,10-11,13,15,24H,6,8-9H2,1-2H3,(H,18,19,20)/t13-,15-/m0/s1. The molecule has 3 aromatic heterocycles. The van der Waals surface area contributed by atoms with E-state index in [1.807, 2.05) is 23.1 Å². The van der Waals surface area contributed by atoms with Gasteiger partial charge in [0.25, 0.3) is 0 Å². The molecule has 0 aromatic carbocycles. The van der Waals surface area contributed by atoms with E-state index in [0.717, 1.165) is 29.9 Å². The van der Waals surface area contributed by atoms with E-state index in [1.54, 1.807) is 6.33 Å². The summed E-state index contributed by atoms with van der Waals surface area (Å²) in [5.41, 5.74) is 2.03. The van der Waals surface area contributed by atoms with Gasteiger partial charge < -0.3 is 15.0 Å². The van der Waals surface area contributed by atoms with Crippen LogP contribution in [0.3, 0.4) is 0 Å². The Morgan fingerprint density at radius 1 is 1.33 bits per heavy atom. The van der Waals surface area contributed by atoms with Crippen molar-refractivity contribution in [3.63, 3.8) is 0 Å². The predicted molar refractivity (Wildman–Crippen MR) is 92.0 cm³/mol. The molecule has 0 radical (unpaired) electrons. The Hall–Kier alpha value is -2.41. The first-order chi connectivity index (χ1) is 11.7. The summed E-state index contributed by atoms with van der Waals surface area (Å²) in [6.45, 7) is 6.00. The molecule has 0 unspecified atom stereocenters. The van der Waals surface area contributed by atoms with Crippen LogP contribution in [0.25, 0.3) is 11.0 Å². The molecule has 0 bridgehead atoms. The zero-order chi connectivity index (χ0) is 16.7. The second kappa shape index (κ2) is 5.90. The second-order valence-electron chi connectivity index (χ2n) is 6.74. The average Bonchev–Trinajstić information content (AvgIpc) is 3.31. The van der Waals surface area contributed by atoms with Gasteiger partial charge in [-0.15, -0.1) is 0 Å². The highest BCUT2D eigenvalue weighted by Crippen LogP contribution is 2.36. The minimum Gasteiger partial charge on any atom is -0.396 e. The fourth-order valence-corrected chi connectivity index (χ4v) is 3.54. The lowest BCUT2D eigenvalue weighted by atomic mass is 9.92. The van der Waals surface area contributed by atoms with E-state index in [-0.39, 0.29) is 18.4 Å². The van der Waals surface area contributed by atoms with Gasteiger partial charge in [-0.1, -0.05) is 0 Å². The van der Waals surface area contributed by atoms with Crippen LogP contribution in [0.15, 0.2) is 31.0 Å². The number of nitrogens with one attached hydrogen (secondary N) is 1. The molecule has 7 heteroatoms. The molecule has 7 nitrogen and oxygen atoms in total. The summed E-state index contributed by atoms with van der Waals surface area (Å²) in [5.74, 6) is 1.36. The van der Waals surface area contributed by atoms with Crippen LogP contribution in [-0.2, 0) is 0 Å². The van der Waals surface area contributed by atoms with Crippen molar-refractivity contribution in [2.75, 3.05) is 24.6 Å². The monoisotopic (exact) mass is 326 g/mol. The SMILES string of the molecule is CC(C)n1cc([C@@H]2CN(c3ncnc4[nH]ccc34)C[C@H]2CO)cn1. The molecule has 2 atom stereocenters. The number of anilines is 1. The van der Waals surface area contributed by atoms with E-state index in [1.165, 1.54) is 5.56 Å². The Balaban J connectivity index is 1.65. The van der Waals surface area contributed by atoms with Crippen LogP contribution in [0.5, 0.6) is 0 Å². The van der Waals surface area contributed by atoms with Crippen molar-refractivity contribution in [2.45, 2.75) is 25.8 Å². The molecular weight excluding hydrogens is 304 g/mol. The first-order valence-electron chi connectivity index (χ1n) is 8.35. The third kappa shape index (κ3) is 2.45. The van der Waals surface area contributed by atoms with E-state index >= 15 is 0 Å². The molecule has 1 saturated heterocycles. The number of fused-ring (bicyclic) bond motifs is 1. The largest absolute Gasteiger partial charge is 0.396 e. The summed E-state index contributed by atoms with van der Waals surface area (Å²) in [5, 5.41) is 15.3. The highest BCUT2D eigenvalue weighted by atomic mass is 16.3. The maximum Gasteiger partial charge on any atom is 0.142 e. The molecule has 2 N–H and O–H groups in total. The predicted octanol–water partition coefficient (Wildman–Crippen LogP) is 1.95. The quantitative estimate of drug-likeness (QED) is 0.766. The van der Waals surface area contributed by atoms with Crippen LogP contribution in [0.1, 0.15) is 31.4 Å². The maximum absolute atomic E-state index is 9.86. The highest BCUT2D eigenvalue weighted by Gasteiger charge is 2.35. The number of nitrogens with zero attached hydrogens (tertiary/aromatic N) is 5. The van der Waals surface area contributed by atoms with Crippen molar-refractivity contribution in [3.05, 3.63) is 36.5 Å². The molecule has 3 aromatic rings. The van der Waals surface area contributed by atoms with E-state index in [0.29, 0.717) is 6.04 Å². The third-order valence-electron chi connectivity index (χ3n) is 4.89. The first kappa shape index (κ1) is 15.1. The summed E-state index contributed by atoms with van der Waals surface area (Å²) < 4.78 is 1.97. The number of aromatic amines is 1. The number of rotatable bonds is 4. The molecule has 0 amide bonds. The third-order valence-corrected chi connectivity index (χ3v) is 4.89. The summed E-state index contributed by atoms with van der Waals surface area (Å²) >= 11 is 0. The average molecular weight is 326 g/mol. The second-order valence-corrected chi connectivity index (χ2v) is 6.74. The van der Waals surface area contributed by atoms with Crippen molar-refractivity contribution in [1.29, 1.82) is 0 Å². The minimum absolute atomic E-state index is 0.162. The van der Waals surface area contributed by atoms with Gasteiger partial charge in [0.15, 0.2) is 0 Å². The van der Waals surface area contributed by atoms with Gasteiger partial charge >= 0.3 is 0 Å². The molecule has 0 aliphatic carbocycles. The van der Waals surface area contributed by atoms with E-state index < -0.39 is 0 Å². The number of aliphatic hydroxyl groups excluding tert-OH is 1. The molecule has 1 aliphatic rings. The topological polar surface area (TPSA) is 82.9 Å². The smallest absolute Gasteiger partial charge is 0.142 e. The molecule has 126 valence electrons. The number of aromatic nitrogens is 5. The Kier molecular flexibility index (Phi) is 3.72. The summed E-state index contributed by atoms with van der Waals surface area (Å²) in [4.78, 5) is 14.1. The van der Waals surface area contributed by atoms with Crippen LogP contribution in [0.4, 0.5) is 5.82 Å². The van der Waals surface area contributed by atoms with E-state index in [4.69, 9.17) is 0 Å². The number of hydrogen-bond acceptors (Lipinski definition) is 5. The van der Waals surface area contributed by atoms with E-state index in [2.05, 4.69) is 45.0 Å². The van der Waals surface area contributed by atoms with Gasteiger partial charge in [0.05, 0.1) is 11.6 Å². The van der Waals surface area contributed by atoms with Crippen molar-refractivity contribution in [3.8, 4) is 0 Å². The number of aliphatic hydroxyl groups is 1. The van der Waals surface area contributed by atoms with Crippen LogP contribution in [-0.4, -0.2) is 49.5 Å². The fraction of sp³-hybridized carbons (Fsp3) is 0.471. The van der Waals surface area contributed by atoms with Crippen molar-refractivity contribution in [1.82, 2.24) is 24.7 Å². The molecule has 4 rings (SSSR count). The van der Waals surface area contributed by atoms with Crippen LogP contribution < -0.4 is 4.90 Å². The van der Waals surface area contributed by atoms with Gasteiger partial charge in [-0.25, -0.2) is 9.97 Å². The van der Waals surface area contributed by atoms with Crippen LogP contribution in [0, 0.1) is 5.92 Å². The number of hydrogen-bond donors (Lipinski definition) is 2. The molecular formula is C17H22N6O. The molecule has 4 heterocycles. The molecule has 1 aliphatic heterocycles. The Morgan fingerprint density at radius 2 is 2.21 bits per heavy atom. The Morgan fingerprint density at radius 3 is 2.96 bits per heavy atom. The lowest BCUT2D eigenvalue weighted by molar-refractivity contribution is 0.227. The van der Waals surface area contributed by atoms with Gasteiger partial charge in [0.2, 0.25) is 0 Å². The van der Waals surface area contributed by atoms with Crippen LogP contribution >= 0.6 is 0 Å². The van der Waals surface area contributed by atoms with Crippen molar-refractivity contribution >= 4 is 16.9 Å². The number of H-pyrrole nitrogens is 1. The van der Waals surface area contributed by atoms with Gasteiger partial charge in [-0.3, -0.25) is 4.68 Å². The zero-order valence-electron chi connectivity index (χ0n) is 13.9. The van der Waals surface area contributed by atoms with Crippen molar-refractivity contribution < 1.29 is 5.11 Å². The van der Waals surface area contributed by atoms with Gasteiger partial charge in [-0.05, 0) is 25.5 Å². The van der Waals surface area contributed by atoms with Gasteiger partial charge in [-0.2, -0.15) is 5.10 Å². The molecule has 0 saturated carbocycles. The van der Waals surface area contributed by atoms with Crippen LogP contribution in [0.2, 0.25) is 0 Å². The van der Waals surface area contributed by atoms with Gasteiger partial charge in [0.1, 0.15) is 17.8 Å². The highest BCUT2D eigenvalue weighted by molar-refractivity contribution is 5.87. The first-order valence-corrected chi connectivity index (χ1v) is 8.35. The Labute approximate surface area is 140 Å². The van der Waals surface area contributed by atoms with Gasteiger partial charge in [0, 0.05) is 50.0 Å². The molecule has 0 spiro atoms. The Bertz CT molecular complexity index is 838. The summed E-state index contributed by atoms with van der Waals surface area (Å²) in [6.07, 6.45) is 7.51. The normalized spacial score (nSPS) is 21.2. The summed E-state index contributed by atoms with van der Waals surface area (Å²) in [6, 6.07) is 2.34.